The van der Waals surface area contributed by atoms with Crippen molar-refractivity contribution >= 4 is 80.3 Å². The van der Waals surface area contributed by atoms with E-state index in [0.717, 1.165) is 47.2 Å². The van der Waals surface area contributed by atoms with Gasteiger partial charge >= 0.3 is 0 Å². The Bertz CT molecular complexity index is 2100. The summed E-state index contributed by atoms with van der Waals surface area (Å²) in [5, 5.41) is 19.4. The second kappa shape index (κ2) is 14.8. The van der Waals surface area contributed by atoms with E-state index in [1.807, 2.05) is 52.9 Å². The zero-order valence-electron chi connectivity index (χ0n) is 29.8. The predicted molar refractivity (Wildman–Crippen MR) is 206 cm³/mol. The average molecular weight is 876 g/mol. The van der Waals surface area contributed by atoms with Gasteiger partial charge in [-0.25, -0.2) is 4.98 Å². The van der Waals surface area contributed by atoms with Gasteiger partial charge in [0.15, 0.2) is 5.78 Å². The van der Waals surface area contributed by atoms with Gasteiger partial charge in [-0.3, -0.25) is 9.78 Å². The van der Waals surface area contributed by atoms with Crippen molar-refractivity contribution in [3.05, 3.63) is 70.4 Å². The number of aromatic nitrogens is 2. The minimum absolute atomic E-state index is 0. The topological polar surface area (TPSA) is 63.1 Å². The molecule has 2 aromatic carbocycles. The van der Waals surface area contributed by atoms with Gasteiger partial charge < -0.3 is 5.11 Å². The number of aryl methyl sites for hydroxylation is 1. The summed E-state index contributed by atoms with van der Waals surface area (Å²) in [6.07, 6.45) is 6.45. The summed E-state index contributed by atoms with van der Waals surface area (Å²) < 4.78 is 3.93. The number of rotatable bonds is 8. The molecule has 8 heteroatoms. The van der Waals surface area contributed by atoms with Crippen LogP contribution in [0.25, 0.3) is 51.7 Å². The summed E-state index contributed by atoms with van der Waals surface area (Å²) in [5.74, 6) is 0.286. The van der Waals surface area contributed by atoms with E-state index in [1.54, 1.807) is 29.0 Å². The van der Waals surface area contributed by atoms with Crippen LogP contribution >= 0.6 is 34.0 Å². The molecule has 0 unspecified atom stereocenters. The van der Waals surface area contributed by atoms with E-state index in [4.69, 9.17) is 4.98 Å². The number of carbonyl (C=O) groups excluding carboxylic acids is 1. The number of ketones is 1. The van der Waals surface area contributed by atoms with Gasteiger partial charge in [0.25, 0.3) is 0 Å². The number of nitrogens with zero attached hydrogens (tertiary/aromatic N) is 2. The van der Waals surface area contributed by atoms with E-state index in [9.17, 15) is 9.90 Å². The van der Waals surface area contributed by atoms with Crippen LogP contribution in [0.2, 0.25) is 0 Å². The van der Waals surface area contributed by atoms with Crippen molar-refractivity contribution in [2.24, 2.45) is 10.8 Å². The molecule has 0 aliphatic heterocycles. The van der Waals surface area contributed by atoms with Gasteiger partial charge in [-0.2, -0.15) is 11.3 Å². The van der Waals surface area contributed by atoms with Gasteiger partial charge in [0.05, 0.1) is 0 Å². The molecule has 0 atom stereocenters. The SMILES string of the molecule is CCC(C)(CC)C(=O)/C=C(\O)C(C)(CC)CC.Cc1csc2cc3sc4ncnc(-c5[c-]c6ccsc6c(C(C)(C)C)c5)c4c3cc12.[Ir]. The molecular weight excluding hydrogens is 829 g/mol. The van der Waals surface area contributed by atoms with Crippen molar-refractivity contribution in [1.82, 2.24) is 9.97 Å². The maximum Gasteiger partial charge on any atom is 0.164 e. The number of benzene rings is 2. The maximum absolute atomic E-state index is 12.2. The van der Waals surface area contributed by atoms with Crippen molar-refractivity contribution in [3.8, 4) is 11.3 Å². The molecule has 48 heavy (non-hydrogen) atoms. The standard InChI is InChI=1S/C25H19N2S3.C15H28O2.Ir/c1-13-11-29-19-10-20-17(9-16(13)19)21-22(26-12-27-24(21)30-20)15-7-14-5-6-28-23(14)18(8-15)25(2,3)4;1-7-14(5,8-2)12(16)11-13(17)15(6,9-3)10-4;/h5-6,8-12H,1-4H3;11,16H,7-10H2,1-6H3;/q-1;;/b;12-11-;. The first kappa shape index (κ1) is 38.3. The van der Waals surface area contributed by atoms with E-state index in [0.29, 0.717) is 0 Å². The summed E-state index contributed by atoms with van der Waals surface area (Å²) in [7, 11) is 0. The zero-order chi connectivity index (χ0) is 34.3. The third-order valence-corrected chi connectivity index (χ3v) is 13.4. The minimum atomic E-state index is -0.337. The predicted octanol–water partition coefficient (Wildman–Crippen LogP) is 13.0. The molecule has 0 aliphatic rings. The zero-order valence-corrected chi connectivity index (χ0v) is 34.6. The molecule has 0 saturated heterocycles. The van der Waals surface area contributed by atoms with Crippen molar-refractivity contribution in [1.29, 1.82) is 0 Å². The molecule has 1 N–H and O–H groups in total. The number of fused-ring (bicyclic) bond motifs is 5. The fraction of sp³-hybridized carbons (Fsp3) is 0.425. The van der Waals surface area contributed by atoms with Gasteiger partial charge in [-0.05, 0) is 82.0 Å². The number of hydrogen-bond acceptors (Lipinski definition) is 7. The van der Waals surface area contributed by atoms with Crippen LogP contribution in [-0.2, 0) is 30.3 Å². The summed E-state index contributed by atoms with van der Waals surface area (Å²) in [5.41, 5.74) is 4.17. The first-order chi connectivity index (χ1) is 22.2. The molecule has 4 nitrogen and oxygen atoms in total. The molecule has 0 saturated carbocycles. The summed E-state index contributed by atoms with van der Waals surface area (Å²) in [6, 6.07) is 12.8. The maximum atomic E-state index is 12.2. The van der Waals surface area contributed by atoms with E-state index >= 15 is 0 Å². The number of aliphatic hydroxyl groups excluding tert-OH is 1. The number of hydrogen-bond donors (Lipinski definition) is 1. The number of aliphatic hydroxyl groups is 1. The number of allylic oxidation sites excluding steroid dienone is 2. The molecule has 257 valence electrons. The summed E-state index contributed by atoms with van der Waals surface area (Å²) >= 11 is 5.36. The Labute approximate surface area is 311 Å². The summed E-state index contributed by atoms with van der Waals surface area (Å²) in [4.78, 5) is 22.6. The average Bonchev–Trinajstić information content (AvgIpc) is 3.78. The first-order valence-corrected chi connectivity index (χ1v) is 19.2. The molecule has 0 fully saturated rings. The van der Waals surface area contributed by atoms with Crippen molar-refractivity contribution in [3.63, 3.8) is 0 Å². The van der Waals surface area contributed by atoms with Gasteiger partial charge in [0.2, 0.25) is 0 Å². The van der Waals surface area contributed by atoms with E-state index < -0.39 is 0 Å². The van der Waals surface area contributed by atoms with Crippen LogP contribution in [-0.4, -0.2) is 20.9 Å². The first-order valence-electron chi connectivity index (χ1n) is 16.6. The largest absolute Gasteiger partial charge is 0.512 e. The Balaban J connectivity index is 0.000000251. The quantitative estimate of drug-likeness (QED) is 0.0940. The van der Waals surface area contributed by atoms with E-state index in [-0.39, 0.29) is 47.9 Å². The third-order valence-electron chi connectivity index (χ3n) is 10.3. The second-order valence-electron chi connectivity index (χ2n) is 14.2. The molecule has 4 heterocycles. The van der Waals surface area contributed by atoms with Gasteiger partial charge in [0, 0.05) is 57.5 Å². The van der Waals surface area contributed by atoms with Crippen LogP contribution in [0.1, 0.15) is 99.1 Å². The van der Waals surface area contributed by atoms with Crippen LogP contribution in [0.3, 0.4) is 0 Å². The third kappa shape index (κ3) is 7.20. The summed E-state index contributed by atoms with van der Waals surface area (Å²) in [6.45, 7) is 21.1. The molecule has 4 aromatic heterocycles. The van der Waals surface area contributed by atoms with Gasteiger partial charge in [-0.1, -0.05) is 73.4 Å². The molecule has 0 aliphatic carbocycles. The Morgan fingerprint density at radius 1 is 0.896 bits per heavy atom. The molecule has 6 aromatic rings. The molecule has 0 bridgehead atoms. The molecule has 6 rings (SSSR count). The molecular formula is C40H47IrN2O2S3-. The van der Waals surface area contributed by atoms with Crippen molar-refractivity contribution in [2.45, 2.75) is 100 Å². The molecule has 0 amide bonds. The molecule has 1 radical (unpaired) electrons. The van der Waals surface area contributed by atoms with E-state index in [2.05, 4.69) is 73.8 Å². The fourth-order valence-electron chi connectivity index (χ4n) is 5.84. The Kier molecular flexibility index (Phi) is 11.8. The van der Waals surface area contributed by atoms with Crippen LogP contribution in [0.5, 0.6) is 0 Å². The Morgan fingerprint density at radius 2 is 1.56 bits per heavy atom. The van der Waals surface area contributed by atoms with Crippen molar-refractivity contribution < 1.29 is 30.0 Å². The van der Waals surface area contributed by atoms with Gasteiger partial charge in [0.1, 0.15) is 16.9 Å². The van der Waals surface area contributed by atoms with Crippen LogP contribution < -0.4 is 0 Å². The fourth-order valence-corrected chi connectivity index (χ4v) is 9.02. The Morgan fingerprint density at radius 3 is 2.19 bits per heavy atom. The number of carbonyl (C=O) groups is 1. The van der Waals surface area contributed by atoms with Gasteiger partial charge in [-0.15, -0.1) is 46.3 Å². The normalized spacial score (nSPS) is 12.8. The van der Waals surface area contributed by atoms with Crippen LogP contribution in [0, 0.1) is 23.8 Å². The molecule has 0 spiro atoms. The van der Waals surface area contributed by atoms with Crippen molar-refractivity contribution in [2.75, 3.05) is 0 Å². The monoisotopic (exact) mass is 876 g/mol. The smallest absolute Gasteiger partial charge is 0.164 e. The Hall–Kier alpha value is -2.48. The second-order valence-corrected chi connectivity index (χ2v) is 17.1. The van der Waals surface area contributed by atoms with Crippen LogP contribution in [0.4, 0.5) is 0 Å². The minimum Gasteiger partial charge on any atom is -0.512 e. The number of thiophene rings is 3. The van der Waals surface area contributed by atoms with Crippen LogP contribution in [0.15, 0.2) is 53.2 Å². The van der Waals surface area contributed by atoms with E-state index in [1.165, 1.54) is 47.5 Å².